The van der Waals surface area contributed by atoms with Gasteiger partial charge in [-0.1, -0.05) is 47.5 Å². The largest absolute Gasteiger partial charge is 0.325 e. The first-order chi connectivity index (χ1) is 15.1. The van der Waals surface area contributed by atoms with Crippen molar-refractivity contribution in [2.45, 2.75) is 32.2 Å². The molecule has 0 aliphatic carbocycles. The van der Waals surface area contributed by atoms with Crippen molar-refractivity contribution in [1.29, 1.82) is 0 Å². The van der Waals surface area contributed by atoms with E-state index in [1.165, 1.54) is 24.3 Å². The first-order valence-corrected chi connectivity index (χ1v) is 11.8. The monoisotopic (exact) mass is 474 g/mol. The summed E-state index contributed by atoms with van der Waals surface area (Å²) in [4.78, 5) is 12.9. The predicted molar refractivity (Wildman–Crippen MR) is 125 cm³/mol. The van der Waals surface area contributed by atoms with Gasteiger partial charge in [0.15, 0.2) is 0 Å². The lowest BCUT2D eigenvalue weighted by Gasteiger charge is -2.24. The number of hydrogen-bond acceptors (Lipinski definition) is 3. The summed E-state index contributed by atoms with van der Waals surface area (Å²) in [5.41, 5.74) is 3.09. The zero-order valence-electron chi connectivity index (χ0n) is 18.0. The second-order valence-corrected chi connectivity index (χ2v) is 10.00. The maximum Gasteiger partial charge on any atom is 0.244 e. The fourth-order valence-electron chi connectivity index (χ4n) is 3.65. The number of rotatable bonds is 7. The summed E-state index contributed by atoms with van der Waals surface area (Å²) in [6, 6.07) is 15.8. The molecule has 8 heteroatoms. The number of carbonyl (C=O) groups is 1. The standard InChI is InChI=1S/C24H24ClFN2O3S/c1-16-11-17(2)24(18(3)12-16)32(30,31)28(14-19-7-9-20(25)10-8-19)15-23(29)27-22-6-4-5-21(26)13-22/h4-13H,14-15H2,1-3H3,(H,27,29). The highest BCUT2D eigenvalue weighted by atomic mass is 35.5. The summed E-state index contributed by atoms with van der Waals surface area (Å²) in [6.07, 6.45) is 0. The van der Waals surface area contributed by atoms with Crippen LogP contribution in [0.4, 0.5) is 10.1 Å². The number of amides is 1. The van der Waals surface area contributed by atoms with E-state index < -0.39 is 28.3 Å². The fourth-order valence-corrected chi connectivity index (χ4v) is 5.57. The molecule has 0 aliphatic heterocycles. The third-order valence-electron chi connectivity index (χ3n) is 4.90. The predicted octanol–water partition coefficient (Wildman–Crippen LogP) is 5.23. The van der Waals surface area contributed by atoms with Gasteiger partial charge in [-0.2, -0.15) is 4.31 Å². The van der Waals surface area contributed by atoms with Crippen LogP contribution in [0.25, 0.3) is 0 Å². The third-order valence-corrected chi connectivity index (χ3v) is 7.25. The van der Waals surface area contributed by atoms with E-state index in [-0.39, 0.29) is 17.1 Å². The molecule has 0 atom stereocenters. The summed E-state index contributed by atoms with van der Waals surface area (Å²) in [6.45, 7) is 4.91. The molecule has 0 heterocycles. The number of aryl methyl sites for hydroxylation is 3. The molecule has 0 unspecified atom stereocenters. The van der Waals surface area contributed by atoms with Gasteiger partial charge >= 0.3 is 0 Å². The second-order valence-electron chi connectivity index (χ2n) is 7.69. The van der Waals surface area contributed by atoms with Gasteiger partial charge in [0.1, 0.15) is 5.82 Å². The van der Waals surface area contributed by atoms with Crippen LogP contribution in [0.1, 0.15) is 22.3 Å². The second kappa shape index (κ2) is 9.81. The Bertz CT molecular complexity index is 1220. The van der Waals surface area contributed by atoms with Gasteiger partial charge in [0.2, 0.25) is 15.9 Å². The van der Waals surface area contributed by atoms with Crippen molar-refractivity contribution in [1.82, 2.24) is 4.31 Å². The summed E-state index contributed by atoms with van der Waals surface area (Å²) in [5.74, 6) is -1.07. The van der Waals surface area contributed by atoms with E-state index in [1.807, 2.05) is 6.92 Å². The van der Waals surface area contributed by atoms with Crippen LogP contribution in [0, 0.1) is 26.6 Å². The highest BCUT2D eigenvalue weighted by Gasteiger charge is 2.30. The lowest BCUT2D eigenvalue weighted by Crippen LogP contribution is -2.38. The Morgan fingerprint density at radius 2 is 1.62 bits per heavy atom. The minimum Gasteiger partial charge on any atom is -0.325 e. The van der Waals surface area contributed by atoms with Gasteiger partial charge in [0, 0.05) is 17.3 Å². The molecule has 0 radical (unpaired) electrons. The number of carbonyl (C=O) groups excluding carboxylic acids is 1. The van der Waals surface area contributed by atoms with Crippen molar-refractivity contribution in [3.8, 4) is 0 Å². The van der Waals surface area contributed by atoms with Gasteiger partial charge < -0.3 is 5.32 Å². The van der Waals surface area contributed by atoms with E-state index in [9.17, 15) is 17.6 Å². The molecule has 1 N–H and O–H groups in total. The molecular weight excluding hydrogens is 451 g/mol. The summed E-state index contributed by atoms with van der Waals surface area (Å²) in [5, 5.41) is 3.09. The lowest BCUT2D eigenvalue weighted by molar-refractivity contribution is -0.116. The molecule has 0 spiro atoms. The minimum atomic E-state index is -4.02. The average molecular weight is 475 g/mol. The van der Waals surface area contributed by atoms with E-state index in [0.29, 0.717) is 21.7 Å². The minimum absolute atomic E-state index is 0.0250. The van der Waals surface area contributed by atoms with Crippen molar-refractivity contribution in [3.63, 3.8) is 0 Å². The van der Waals surface area contributed by atoms with Gasteiger partial charge in [0.05, 0.1) is 11.4 Å². The zero-order chi connectivity index (χ0) is 23.5. The molecule has 0 aromatic heterocycles. The highest BCUT2D eigenvalue weighted by Crippen LogP contribution is 2.27. The van der Waals surface area contributed by atoms with Crippen LogP contribution in [0.2, 0.25) is 5.02 Å². The van der Waals surface area contributed by atoms with Crippen LogP contribution >= 0.6 is 11.6 Å². The highest BCUT2D eigenvalue weighted by molar-refractivity contribution is 7.89. The van der Waals surface area contributed by atoms with Crippen LogP contribution in [0.15, 0.2) is 65.6 Å². The SMILES string of the molecule is Cc1cc(C)c(S(=O)(=O)N(CC(=O)Nc2cccc(F)c2)Cc2ccc(Cl)cc2)c(C)c1. The Labute approximate surface area is 192 Å². The van der Waals surface area contributed by atoms with E-state index in [1.54, 1.807) is 50.2 Å². The Morgan fingerprint density at radius 1 is 1.00 bits per heavy atom. The smallest absolute Gasteiger partial charge is 0.244 e. The van der Waals surface area contributed by atoms with Crippen molar-refractivity contribution in [2.24, 2.45) is 0 Å². The number of nitrogens with zero attached hydrogens (tertiary/aromatic N) is 1. The van der Waals surface area contributed by atoms with Crippen LogP contribution in [0.3, 0.4) is 0 Å². The maximum atomic E-state index is 13.7. The molecule has 32 heavy (non-hydrogen) atoms. The topological polar surface area (TPSA) is 66.5 Å². The van der Waals surface area contributed by atoms with Gasteiger partial charge in [-0.15, -0.1) is 0 Å². The van der Waals surface area contributed by atoms with Crippen molar-refractivity contribution < 1.29 is 17.6 Å². The number of anilines is 1. The average Bonchev–Trinajstić information content (AvgIpc) is 2.68. The van der Waals surface area contributed by atoms with E-state index in [0.717, 1.165) is 9.87 Å². The van der Waals surface area contributed by atoms with Crippen LogP contribution < -0.4 is 5.32 Å². The Balaban J connectivity index is 1.96. The number of nitrogens with one attached hydrogen (secondary N) is 1. The van der Waals surface area contributed by atoms with Crippen LogP contribution in [0.5, 0.6) is 0 Å². The van der Waals surface area contributed by atoms with E-state index in [2.05, 4.69) is 5.32 Å². The molecule has 168 valence electrons. The molecule has 0 fully saturated rings. The quantitative estimate of drug-likeness (QED) is 0.509. The first-order valence-electron chi connectivity index (χ1n) is 9.94. The molecule has 0 saturated heterocycles. The first kappa shape index (κ1) is 23.9. The Morgan fingerprint density at radius 3 is 2.22 bits per heavy atom. The molecule has 5 nitrogen and oxygen atoms in total. The van der Waals surface area contributed by atoms with E-state index >= 15 is 0 Å². The van der Waals surface area contributed by atoms with Gasteiger partial charge in [-0.05, 0) is 67.8 Å². The lowest BCUT2D eigenvalue weighted by atomic mass is 10.1. The Hall–Kier alpha value is -2.74. The van der Waals surface area contributed by atoms with Crippen molar-refractivity contribution in [3.05, 3.63) is 93.8 Å². The van der Waals surface area contributed by atoms with Crippen molar-refractivity contribution >= 4 is 33.2 Å². The molecule has 3 aromatic carbocycles. The van der Waals surface area contributed by atoms with Crippen molar-refractivity contribution in [2.75, 3.05) is 11.9 Å². The molecule has 3 rings (SSSR count). The third kappa shape index (κ3) is 5.73. The van der Waals surface area contributed by atoms with Gasteiger partial charge in [0.25, 0.3) is 0 Å². The van der Waals surface area contributed by atoms with Crippen LogP contribution in [-0.2, 0) is 21.4 Å². The summed E-state index contributed by atoms with van der Waals surface area (Å²) >= 11 is 5.95. The fraction of sp³-hybridized carbons (Fsp3) is 0.208. The zero-order valence-corrected chi connectivity index (χ0v) is 19.6. The molecule has 1 amide bonds. The van der Waals surface area contributed by atoms with Gasteiger partial charge in [-0.25, -0.2) is 12.8 Å². The summed E-state index contributed by atoms with van der Waals surface area (Å²) in [7, 11) is -4.02. The maximum absolute atomic E-state index is 13.7. The number of sulfonamides is 1. The molecular formula is C24H24ClFN2O3S. The Kier molecular flexibility index (Phi) is 7.33. The number of benzene rings is 3. The molecule has 0 saturated carbocycles. The number of halogens is 2. The molecule has 3 aromatic rings. The molecule has 0 bridgehead atoms. The normalized spacial score (nSPS) is 11.6. The van der Waals surface area contributed by atoms with Gasteiger partial charge in [-0.3, -0.25) is 4.79 Å². The number of hydrogen-bond donors (Lipinski definition) is 1. The molecule has 0 aliphatic rings. The van der Waals surface area contributed by atoms with E-state index in [4.69, 9.17) is 11.6 Å². The van der Waals surface area contributed by atoms with Crippen LogP contribution in [-0.4, -0.2) is 25.2 Å². The summed E-state index contributed by atoms with van der Waals surface area (Å²) < 4.78 is 41.9.